The monoisotopic (exact) mass is 206 g/mol. The molecule has 0 fully saturated rings. The fraction of sp³-hybridized carbons (Fsp3) is 0.556. The molecule has 0 atom stereocenters. The lowest BCUT2D eigenvalue weighted by Crippen LogP contribution is -2.16. The summed E-state index contributed by atoms with van der Waals surface area (Å²) in [7, 11) is 1.92. The van der Waals surface area contributed by atoms with Crippen LogP contribution in [0, 0.1) is 0 Å². The molecule has 0 spiro atoms. The summed E-state index contributed by atoms with van der Waals surface area (Å²) in [4.78, 5) is 0. The van der Waals surface area contributed by atoms with Gasteiger partial charge in [0.15, 0.2) is 0 Å². The Kier molecular flexibility index (Phi) is 2.06. The van der Waals surface area contributed by atoms with E-state index >= 15 is 0 Å². The summed E-state index contributed by atoms with van der Waals surface area (Å²) in [6.45, 7) is 6.43. The van der Waals surface area contributed by atoms with E-state index in [0.717, 1.165) is 11.4 Å². The third-order valence-corrected chi connectivity index (χ3v) is 2.22. The van der Waals surface area contributed by atoms with E-state index in [0.29, 0.717) is 5.82 Å². The molecule has 6 heteroatoms. The van der Waals surface area contributed by atoms with Gasteiger partial charge in [-0.15, -0.1) is 10.2 Å². The summed E-state index contributed by atoms with van der Waals surface area (Å²) in [6, 6.07) is 1.99. The Balaban J connectivity index is 2.47. The normalized spacial score (nSPS) is 12.0. The van der Waals surface area contributed by atoms with Crippen LogP contribution in [0.15, 0.2) is 6.07 Å². The Bertz CT molecular complexity index is 447. The molecule has 80 valence electrons. The molecule has 0 bridgehead atoms. The Morgan fingerprint density at radius 3 is 2.53 bits per heavy atom. The third-order valence-electron chi connectivity index (χ3n) is 2.22. The molecule has 15 heavy (non-hydrogen) atoms. The zero-order valence-electron chi connectivity index (χ0n) is 9.31. The average Bonchev–Trinajstić information content (AvgIpc) is 2.68. The predicted molar refractivity (Wildman–Crippen MR) is 55.1 cm³/mol. The number of aryl methyl sites for hydroxylation is 1. The van der Waals surface area contributed by atoms with Gasteiger partial charge in [-0.3, -0.25) is 4.68 Å². The lowest BCUT2D eigenvalue weighted by molar-refractivity contribution is 0.523. The van der Waals surface area contributed by atoms with Gasteiger partial charge < -0.3 is 0 Å². The molecule has 0 amide bonds. The highest BCUT2D eigenvalue weighted by atomic mass is 15.5. The summed E-state index contributed by atoms with van der Waals surface area (Å²) < 4.78 is 1.85. The summed E-state index contributed by atoms with van der Waals surface area (Å²) >= 11 is 0. The van der Waals surface area contributed by atoms with E-state index in [4.69, 9.17) is 0 Å². The van der Waals surface area contributed by atoms with Crippen molar-refractivity contribution in [2.24, 2.45) is 7.05 Å². The number of H-pyrrole nitrogens is 1. The maximum atomic E-state index is 4.35. The smallest absolute Gasteiger partial charge is 0.224 e. The molecule has 1 N–H and O–H groups in total. The lowest BCUT2D eigenvalue weighted by Gasteiger charge is -2.17. The van der Waals surface area contributed by atoms with Gasteiger partial charge >= 0.3 is 0 Å². The van der Waals surface area contributed by atoms with Crippen LogP contribution >= 0.6 is 0 Å². The van der Waals surface area contributed by atoms with Crippen LogP contribution in [0.5, 0.6) is 0 Å². The number of aromatic amines is 1. The zero-order chi connectivity index (χ0) is 11.1. The molecular formula is C9H14N6. The Labute approximate surface area is 87.7 Å². The molecule has 2 aromatic rings. The molecule has 0 unspecified atom stereocenters. The third kappa shape index (κ3) is 1.74. The van der Waals surface area contributed by atoms with E-state index in [1.807, 2.05) is 17.8 Å². The fourth-order valence-electron chi connectivity index (χ4n) is 1.55. The van der Waals surface area contributed by atoms with Gasteiger partial charge in [-0.1, -0.05) is 20.8 Å². The number of hydrogen-bond donors (Lipinski definition) is 1. The van der Waals surface area contributed by atoms with Gasteiger partial charge in [0.1, 0.15) is 5.69 Å². The first kappa shape index (κ1) is 9.82. The first-order valence-corrected chi connectivity index (χ1v) is 4.77. The van der Waals surface area contributed by atoms with Crippen molar-refractivity contribution in [3.8, 4) is 11.5 Å². The Hall–Kier alpha value is -1.72. The summed E-state index contributed by atoms with van der Waals surface area (Å²) in [5, 5.41) is 18.1. The molecule has 0 aliphatic heterocycles. The fourth-order valence-corrected chi connectivity index (χ4v) is 1.55. The van der Waals surface area contributed by atoms with E-state index in [9.17, 15) is 0 Å². The number of hydrogen-bond acceptors (Lipinski definition) is 4. The van der Waals surface area contributed by atoms with Crippen molar-refractivity contribution in [2.45, 2.75) is 26.2 Å². The summed E-state index contributed by atoms with van der Waals surface area (Å²) in [5.41, 5.74) is 1.95. The van der Waals surface area contributed by atoms with Crippen molar-refractivity contribution in [1.82, 2.24) is 30.4 Å². The van der Waals surface area contributed by atoms with Crippen LogP contribution in [0.4, 0.5) is 0 Å². The van der Waals surface area contributed by atoms with Gasteiger partial charge in [0.25, 0.3) is 0 Å². The SMILES string of the molecule is Cn1nc(-c2nn[nH]n2)cc1C(C)(C)C. The highest BCUT2D eigenvalue weighted by Gasteiger charge is 2.20. The molecule has 2 heterocycles. The van der Waals surface area contributed by atoms with E-state index in [1.165, 1.54) is 0 Å². The number of aromatic nitrogens is 6. The maximum Gasteiger partial charge on any atom is 0.224 e. The van der Waals surface area contributed by atoms with Gasteiger partial charge in [-0.25, -0.2) is 0 Å². The molecular weight excluding hydrogens is 192 g/mol. The molecule has 0 saturated carbocycles. The molecule has 0 aromatic carbocycles. The maximum absolute atomic E-state index is 4.35. The van der Waals surface area contributed by atoms with E-state index in [1.54, 1.807) is 0 Å². The minimum absolute atomic E-state index is 0.0593. The topological polar surface area (TPSA) is 72.3 Å². The van der Waals surface area contributed by atoms with Crippen LogP contribution in [0.2, 0.25) is 0 Å². The quantitative estimate of drug-likeness (QED) is 0.752. The van der Waals surface area contributed by atoms with Crippen LogP contribution in [0.3, 0.4) is 0 Å². The molecule has 0 aliphatic carbocycles. The second-order valence-corrected chi connectivity index (χ2v) is 4.52. The number of rotatable bonds is 1. The standard InChI is InChI=1S/C9H14N6/c1-9(2,3)7-5-6(12-15(7)4)8-10-13-14-11-8/h5H,1-4H3,(H,10,11,13,14). The van der Waals surface area contributed by atoms with E-state index < -0.39 is 0 Å². The highest BCUT2D eigenvalue weighted by molar-refractivity contribution is 5.48. The Morgan fingerprint density at radius 2 is 2.07 bits per heavy atom. The second kappa shape index (κ2) is 3.15. The molecule has 0 saturated heterocycles. The van der Waals surface area contributed by atoms with Gasteiger partial charge in [-0.2, -0.15) is 10.3 Å². The van der Waals surface area contributed by atoms with Crippen molar-refractivity contribution in [3.63, 3.8) is 0 Å². The first-order chi connectivity index (χ1) is 6.98. The lowest BCUT2D eigenvalue weighted by atomic mass is 9.92. The van der Waals surface area contributed by atoms with Gasteiger partial charge in [-0.05, 0) is 11.3 Å². The molecule has 2 rings (SSSR count). The summed E-state index contributed by atoms with van der Waals surface area (Å²) in [5.74, 6) is 0.529. The predicted octanol–water partition coefficient (Wildman–Crippen LogP) is 0.898. The van der Waals surface area contributed by atoms with Crippen LogP contribution < -0.4 is 0 Å². The van der Waals surface area contributed by atoms with Gasteiger partial charge in [0, 0.05) is 18.2 Å². The number of tetrazole rings is 1. The zero-order valence-corrected chi connectivity index (χ0v) is 9.31. The van der Waals surface area contributed by atoms with Crippen molar-refractivity contribution in [1.29, 1.82) is 0 Å². The highest BCUT2D eigenvalue weighted by Crippen LogP contribution is 2.24. The first-order valence-electron chi connectivity index (χ1n) is 4.77. The number of nitrogens with one attached hydrogen (secondary N) is 1. The van der Waals surface area contributed by atoms with Crippen LogP contribution in [0.1, 0.15) is 26.5 Å². The van der Waals surface area contributed by atoms with Crippen LogP contribution in [-0.4, -0.2) is 30.4 Å². The van der Waals surface area contributed by atoms with Gasteiger partial charge in [0.05, 0.1) is 0 Å². The average molecular weight is 206 g/mol. The van der Waals surface area contributed by atoms with Crippen molar-refractivity contribution in [3.05, 3.63) is 11.8 Å². The van der Waals surface area contributed by atoms with Crippen molar-refractivity contribution >= 4 is 0 Å². The van der Waals surface area contributed by atoms with Crippen molar-refractivity contribution in [2.75, 3.05) is 0 Å². The van der Waals surface area contributed by atoms with Gasteiger partial charge in [0.2, 0.25) is 5.82 Å². The summed E-state index contributed by atoms with van der Waals surface area (Å²) in [6.07, 6.45) is 0. The molecule has 2 aromatic heterocycles. The molecule has 6 nitrogen and oxygen atoms in total. The van der Waals surface area contributed by atoms with Crippen LogP contribution in [0.25, 0.3) is 11.5 Å². The minimum Gasteiger partial charge on any atom is -0.271 e. The van der Waals surface area contributed by atoms with Crippen molar-refractivity contribution < 1.29 is 0 Å². The minimum atomic E-state index is 0.0593. The van der Waals surface area contributed by atoms with Crippen LogP contribution in [-0.2, 0) is 12.5 Å². The number of nitrogens with zero attached hydrogens (tertiary/aromatic N) is 5. The molecule has 0 radical (unpaired) electrons. The second-order valence-electron chi connectivity index (χ2n) is 4.52. The van der Waals surface area contributed by atoms with E-state index in [-0.39, 0.29) is 5.41 Å². The largest absolute Gasteiger partial charge is 0.271 e. The Morgan fingerprint density at radius 1 is 1.33 bits per heavy atom. The molecule has 0 aliphatic rings. The van der Waals surface area contributed by atoms with E-state index in [2.05, 4.69) is 46.5 Å².